The van der Waals surface area contributed by atoms with E-state index in [2.05, 4.69) is 10.6 Å². The quantitative estimate of drug-likeness (QED) is 0.769. The van der Waals surface area contributed by atoms with E-state index >= 15 is 0 Å². The first-order valence-electron chi connectivity index (χ1n) is 8.47. The molecule has 2 N–H and O–H groups in total. The van der Waals surface area contributed by atoms with E-state index in [0.29, 0.717) is 23.5 Å². The van der Waals surface area contributed by atoms with Crippen LogP contribution in [0.2, 0.25) is 0 Å². The Kier molecular flexibility index (Phi) is 6.89. The minimum Gasteiger partial charge on any atom is -0.494 e. The molecular formula is C20H20FN3O3. The van der Waals surface area contributed by atoms with Crippen LogP contribution < -0.4 is 15.4 Å². The van der Waals surface area contributed by atoms with Gasteiger partial charge in [0.15, 0.2) is 0 Å². The molecule has 0 saturated heterocycles. The summed E-state index contributed by atoms with van der Waals surface area (Å²) in [7, 11) is 1.45. The number of methoxy groups -OCH3 is 1. The normalized spacial score (nSPS) is 10.0. The van der Waals surface area contributed by atoms with Gasteiger partial charge in [-0.25, -0.2) is 4.39 Å². The molecule has 0 unspecified atom stereocenters. The zero-order chi connectivity index (χ0) is 19.8. The van der Waals surface area contributed by atoms with Gasteiger partial charge in [-0.3, -0.25) is 9.59 Å². The Morgan fingerprint density at radius 2 is 1.96 bits per heavy atom. The van der Waals surface area contributed by atoms with Crippen molar-refractivity contribution in [1.82, 2.24) is 0 Å². The highest BCUT2D eigenvalue weighted by Crippen LogP contribution is 2.28. The number of amides is 2. The number of carbonyl (C=O) groups excluding carboxylic acids is 2. The summed E-state index contributed by atoms with van der Waals surface area (Å²) in [5, 5.41) is 14.1. The van der Waals surface area contributed by atoms with E-state index in [0.717, 1.165) is 18.9 Å². The molecule has 0 atom stereocenters. The van der Waals surface area contributed by atoms with Crippen LogP contribution >= 0.6 is 0 Å². The molecule has 140 valence electrons. The molecule has 0 fully saturated rings. The predicted octanol–water partition coefficient (Wildman–Crippen LogP) is 4.09. The molecule has 0 aromatic heterocycles. The Morgan fingerprint density at radius 1 is 1.19 bits per heavy atom. The van der Waals surface area contributed by atoms with Crippen LogP contribution in [-0.2, 0) is 4.79 Å². The first-order valence-corrected chi connectivity index (χ1v) is 8.47. The van der Waals surface area contributed by atoms with Crippen LogP contribution in [0.1, 0.15) is 42.1 Å². The van der Waals surface area contributed by atoms with Crippen molar-refractivity contribution in [3.8, 4) is 11.8 Å². The summed E-state index contributed by atoms with van der Waals surface area (Å²) in [5.41, 5.74) is 0.826. The zero-order valence-electron chi connectivity index (χ0n) is 15.1. The third-order valence-electron chi connectivity index (χ3n) is 3.83. The summed E-state index contributed by atoms with van der Waals surface area (Å²) in [5.74, 6) is -1.18. The summed E-state index contributed by atoms with van der Waals surface area (Å²) >= 11 is 0. The number of unbranched alkanes of at least 4 members (excludes halogenated alkanes) is 1. The minimum absolute atomic E-state index is 0.119. The fourth-order valence-electron chi connectivity index (χ4n) is 2.39. The van der Waals surface area contributed by atoms with Crippen LogP contribution in [0.25, 0.3) is 0 Å². The molecule has 0 radical (unpaired) electrons. The third-order valence-corrected chi connectivity index (χ3v) is 3.83. The zero-order valence-corrected chi connectivity index (χ0v) is 15.1. The van der Waals surface area contributed by atoms with Crippen molar-refractivity contribution >= 4 is 23.2 Å². The summed E-state index contributed by atoms with van der Waals surface area (Å²) < 4.78 is 19.2. The Bertz CT molecular complexity index is 891. The smallest absolute Gasteiger partial charge is 0.258 e. The number of anilines is 2. The Morgan fingerprint density at radius 3 is 2.59 bits per heavy atom. The summed E-state index contributed by atoms with van der Waals surface area (Å²) in [6.07, 6.45) is 2.12. The number of nitrogens with zero attached hydrogens (tertiary/aromatic N) is 1. The number of benzene rings is 2. The number of hydrogen-bond acceptors (Lipinski definition) is 4. The van der Waals surface area contributed by atoms with Gasteiger partial charge in [0.1, 0.15) is 11.6 Å². The fourth-order valence-corrected chi connectivity index (χ4v) is 2.39. The molecule has 0 aliphatic rings. The van der Waals surface area contributed by atoms with Crippen molar-refractivity contribution < 1.29 is 18.7 Å². The van der Waals surface area contributed by atoms with Gasteiger partial charge in [0.2, 0.25) is 5.91 Å². The van der Waals surface area contributed by atoms with Crippen LogP contribution in [0.5, 0.6) is 5.75 Å². The molecule has 0 saturated carbocycles. The average molecular weight is 369 g/mol. The number of rotatable bonds is 7. The van der Waals surface area contributed by atoms with E-state index in [1.54, 1.807) is 12.1 Å². The molecule has 0 heterocycles. The van der Waals surface area contributed by atoms with Gasteiger partial charge in [-0.05, 0) is 36.8 Å². The van der Waals surface area contributed by atoms with Crippen LogP contribution in [0, 0.1) is 17.1 Å². The topological polar surface area (TPSA) is 91.2 Å². The number of nitriles is 1. The standard InChI is InChI=1S/C20H20FN3O3/c1-3-4-5-19(25)24-17-9-7-14(11-18(17)27-2)23-20(26)15-8-6-13(12-22)10-16(15)21/h6-11H,3-5H2,1-2H3,(H,23,26)(H,24,25). The van der Waals surface area contributed by atoms with Gasteiger partial charge in [-0.2, -0.15) is 5.26 Å². The monoisotopic (exact) mass is 369 g/mol. The molecule has 2 aromatic carbocycles. The Labute approximate surface area is 157 Å². The minimum atomic E-state index is -0.779. The van der Waals surface area contributed by atoms with Crippen LogP contribution in [0.4, 0.5) is 15.8 Å². The highest BCUT2D eigenvalue weighted by Gasteiger charge is 2.14. The van der Waals surface area contributed by atoms with Gasteiger partial charge in [-0.15, -0.1) is 0 Å². The van der Waals surface area contributed by atoms with Gasteiger partial charge in [0.25, 0.3) is 5.91 Å². The average Bonchev–Trinajstić information content (AvgIpc) is 2.67. The predicted molar refractivity (Wildman–Crippen MR) is 100 cm³/mol. The lowest BCUT2D eigenvalue weighted by Gasteiger charge is -2.13. The van der Waals surface area contributed by atoms with E-state index in [1.807, 2.05) is 13.0 Å². The highest BCUT2D eigenvalue weighted by atomic mass is 19.1. The van der Waals surface area contributed by atoms with Crippen molar-refractivity contribution in [2.75, 3.05) is 17.7 Å². The number of nitrogens with one attached hydrogen (secondary N) is 2. The molecule has 0 aliphatic carbocycles. The van der Waals surface area contributed by atoms with Gasteiger partial charge in [0.05, 0.1) is 30.0 Å². The van der Waals surface area contributed by atoms with E-state index in [9.17, 15) is 14.0 Å². The van der Waals surface area contributed by atoms with Crippen molar-refractivity contribution in [2.45, 2.75) is 26.2 Å². The highest BCUT2D eigenvalue weighted by molar-refractivity contribution is 6.05. The van der Waals surface area contributed by atoms with Crippen molar-refractivity contribution in [2.24, 2.45) is 0 Å². The molecular weight excluding hydrogens is 349 g/mol. The van der Waals surface area contributed by atoms with Crippen molar-refractivity contribution in [1.29, 1.82) is 5.26 Å². The van der Waals surface area contributed by atoms with Crippen molar-refractivity contribution in [3.63, 3.8) is 0 Å². The lowest BCUT2D eigenvalue weighted by Crippen LogP contribution is -2.15. The second-order valence-electron chi connectivity index (χ2n) is 5.83. The largest absolute Gasteiger partial charge is 0.494 e. The van der Waals surface area contributed by atoms with Crippen LogP contribution in [0.3, 0.4) is 0 Å². The first kappa shape index (κ1) is 19.9. The molecule has 7 heteroatoms. The van der Waals surface area contributed by atoms with E-state index < -0.39 is 11.7 Å². The SMILES string of the molecule is CCCCC(=O)Nc1ccc(NC(=O)c2ccc(C#N)cc2F)cc1OC. The van der Waals surface area contributed by atoms with Gasteiger partial charge in [-0.1, -0.05) is 13.3 Å². The lowest BCUT2D eigenvalue weighted by atomic mass is 10.1. The summed E-state index contributed by atoms with van der Waals surface area (Å²) in [6.45, 7) is 2.00. The van der Waals surface area contributed by atoms with Crippen molar-refractivity contribution in [3.05, 3.63) is 53.3 Å². The number of hydrogen-bond donors (Lipinski definition) is 2. The maximum absolute atomic E-state index is 14.0. The number of ether oxygens (including phenoxy) is 1. The fraction of sp³-hybridized carbons (Fsp3) is 0.250. The Balaban J connectivity index is 2.14. The van der Waals surface area contributed by atoms with E-state index in [-0.39, 0.29) is 17.0 Å². The van der Waals surface area contributed by atoms with E-state index in [1.165, 1.54) is 25.3 Å². The van der Waals surface area contributed by atoms with E-state index in [4.69, 9.17) is 10.00 Å². The summed E-state index contributed by atoms with van der Waals surface area (Å²) in [4.78, 5) is 24.1. The van der Waals surface area contributed by atoms with Crippen LogP contribution in [0.15, 0.2) is 36.4 Å². The van der Waals surface area contributed by atoms with Crippen LogP contribution in [-0.4, -0.2) is 18.9 Å². The second kappa shape index (κ2) is 9.34. The van der Waals surface area contributed by atoms with Gasteiger partial charge >= 0.3 is 0 Å². The molecule has 6 nitrogen and oxygen atoms in total. The second-order valence-corrected chi connectivity index (χ2v) is 5.83. The molecule has 0 aliphatic heterocycles. The molecule has 0 spiro atoms. The lowest BCUT2D eigenvalue weighted by molar-refractivity contribution is -0.116. The molecule has 2 aromatic rings. The molecule has 27 heavy (non-hydrogen) atoms. The maximum Gasteiger partial charge on any atom is 0.258 e. The molecule has 0 bridgehead atoms. The number of carbonyl (C=O) groups is 2. The van der Waals surface area contributed by atoms with Gasteiger partial charge < -0.3 is 15.4 Å². The Hall–Kier alpha value is -3.40. The van der Waals surface area contributed by atoms with Gasteiger partial charge in [0, 0.05) is 18.2 Å². The molecule has 2 rings (SSSR count). The molecule has 2 amide bonds. The first-order chi connectivity index (χ1) is 13.0. The third kappa shape index (κ3) is 5.28. The number of halogens is 1. The maximum atomic E-state index is 14.0. The summed E-state index contributed by atoms with van der Waals surface area (Å²) in [6, 6.07) is 10.2.